The first-order chi connectivity index (χ1) is 7.58. The van der Waals surface area contributed by atoms with Gasteiger partial charge in [-0.05, 0) is 18.4 Å². The lowest BCUT2D eigenvalue weighted by atomic mass is 10.3. The van der Waals surface area contributed by atoms with Crippen LogP contribution in [0.3, 0.4) is 0 Å². The highest BCUT2D eigenvalue weighted by atomic mass is 79.9. The molecule has 1 aromatic carbocycles. The lowest BCUT2D eigenvalue weighted by Gasteiger charge is -2.03. The van der Waals surface area contributed by atoms with Gasteiger partial charge in [-0.25, -0.2) is 13.8 Å². The number of halogens is 3. The van der Waals surface area contributed by atoms with Gasteiger partial charge in [0.15, 0.2) is 23.0 Å². The summed E-state index contributed by atoms with van der Waals surface area (Å²) in [5.74, 6) is -1.59. The van der Waals surface area contributed by atoms with Crippen molar-refractivity contribution in [2.24, 2.45) is 4.99 Å². The fraction of sp³-hybridized carbons (Fsp3) is 0.111. The first kappa shape index (κ1) is 12.9. The van der Waals surface area contributed by atoms with E-state index in [1.807, 2.05) is 0 Å². The van der Waals surface area contributed by atoms with Gasteiger partial charge in [0, 0.05) is 4.47 Å². The van der Waals surface area contributed by atoms with E-state index in [-0.39, 0.29) is 5.17 Å². The van der Waals surface area contributed by atoms with E-state index in [1.165, 1.54) is 0 Å². The summed E-state index contributed by atoms with van der Waals surface area (Å²) in [6.07, 6.45) is 3.27. The van der Waals surface area contributed by atoms with Crippen LogP contribution in [0.4, 0.5) is 14.5 Å². The Morgan fingerprint density at radius 1 is 1.50 bits per heavy atom. The molecule has 1 rings (SSSR count). The number of nitrogens with one attached hydrogen (secondary N) is 1. The monoisotopic (exact) mass is 305 g/mol. The highest BCUT2D eigenvalue weighted by molar-refractivity contribution is 9.10. The summed E-state index contributed by atoms with van der Waals surface area (Å²) in [5.41, 5.74) is -0.421. The average molecular weight is 306 g/mol. The lowest BCUT2D eigenvalue weighted by Crippen LogP contribution is -2.12. The molecule has 0 fully saturated rings. The summed E-state index contributed by atoms with van der Waals surface area (Å²) in [5, 5.41) is 10.7. The van der Waals surface area contributed by atoms with Crippen LogP contribution >= 0.6 is 27.7 Å². The molecule has 0 aliphatic rings. The lowest BCUT2D eigenvalue weighted by molar-refractivity contribution is 0.586. The molecule has 84 valence electrons. The quantitative estimate of drug-likeness (QED) is 0.375. The Labute approximate surface area is 104 Å². The van der Waals surface area contributed by atoms with Crippen molar-refractivity contribution in [3.05, 3.63) is 28.2 Å². The van der Waals surface area contributed by atoms with E-state index in [1.54, 1.807) is 12.4 Å². The van der Waals surface area contributed by atoms with Crippen LogP contribution < -0.4 is 5.32 Å². The van der Waals surface area contributed by atoms with Gasteiger partial charge in [0.05, 0.1) is 0 Å². The maximum absolute atomic E-state index is 13.4. The van der Waals surface area contributed by atoms with Crippen LogP contribution in [-0.4, -0.2) is 11.4 Å². The van der Waals surface area contributed by atoms with E-state index in [4.69, 9.17) is 5.26 Å². The van der Waals surface area contributed by atoms with Crippen molar-refractivity contribution in [1.82, 2.24) is 5.32 Å². The van der Waals surface area contributed by atoms with Crippen molar-refractivity contribution >= 4 is 38.5 Å². The zero-order valence-electron chi connectivity index (χ0n) is 8.09. The molecule has 0 bridgehead atoms. The van der Waals surface area contributed by atoms with E-state index in [0.717, 1.165) is 23.9 Å². The van der Waals surface area contributed by atoms with Crippen LogP contribution in [0.5, 0.6) is 0 Å². The summed E-state index contributed by atoms with van der Waals surface area (Å²) >= 11 is 4.04. The largest absolute Gasteiger partial charge is 0.271 e. The van der Waals surface area contributed by atoms with Gasteiger partial charge in [0.25, 0.3) is 0 Å². The normalized spacial score (nSPS) is 11.1. The van der Waals surface area contributed by atoms with Crippen molar-refractivity contribution < 1.29 is 8.78 Å². The molecule has 0 unspecified atom stereocenters. The van der Waals surface area contributed by atoms with E-state index in [2.05, 4.69) is 26.2 Å². The molecule has 0 aliphatic heterocycles. The van der Waals surface area contributed by atoms with Gasteiger partial charge in [-0.3, -0.25) is 5.32 Å². The number of rotatable bonds is 1. The van der Waals surface area contributed by atoms with Crippen LogP contribution in [0.1, 0.15) is 0 Å². The van der Waals surface area contributed by atoms with Gasteiger partial charge in [-0.15, -0.1) is 0 Å². The highest BCUT2D eigenvalue weighted by Gasteiger charge is 2.10. The molecule has 0 aromatic heterocycles. The fourth-order valence-electron chi connectivity index (χ4n) is 0.915. The number of benzene rings is 1. The summed E-state index contributed by atoms with van der Waals surface area (Å²) in [4.78, 5) is 3.68. The second kappa shape index (κ2) is 5.82. The van der Waals surface area contributed by atoms with Crippen molar-refractivity contribution in [1.29, 1.82) is 5.26 Å². The third-order valence-electron chi connectivity index (χ3n) is 1.55. The summed E-state index contributed by atoms with van der Waals surface area (Å²) < 4.78 is 27.0. The van der Waals surface area contributed by atoms with Gasteiger partial charge in [0.1, 0.15) is 5.69 Å². The maximum Gasteiger partial charge on any atom is 0.183 e. The van der Waals surface area contributed by atoms with Crippen LogP contribution in [0.25, 0.3) is 0 Å². The first-order valence-electron chi connectivity index (χ1n) is 4.00. The van der Waals surface area contributed by atoms with Gasteiger partial charge >= 0.3 is 0 Å². The number of nitrogens with zero attached hydrogens (tertiary/aromatic N) is 2. The minimum atomic E-state index is -0.793. The molecule has 3 nitrogen and oxygen atoms in total. The molecule has 0 heterocycles. The van der Waals surface area contributed by atoms with Crippen LogP contribution in [0, 0.1) is 23.1 Å². The minimum absolute atomic E-state index is 0.127. The Hall–Kier alpha value is -1.13. The Kier molecular flexibility index (Phi) is 4.71. The molecule has 0 atom stereocenters. The molecule has 1 N–H and O–H groups in total. The first-order valence-corrected chi connectivity index (χ1v) is 6.02. The molecule has 0 radical (unpaired) electrons. The van der Waals surface area contributed by atoms with Gasteiger partial charge in [0.2, 0.25) is 0 Å². The van der Waals surface area contributed by atoms with Crippen molar-refractivity contribution in [3.63, 3.8) is 0 Å². The molecule has 1 aromatic rings. The van der Waals surface area contributed by atoms with E-state index < -0.39 is 17.3 Å². The molecular formula is C9H6BrF2N3S. The number of hydrogen-bond donors (Lipinski definition) is 1. The van der Waals surface area contributed by atoms with Crippen LogP contribution in [0.15, 0.2) is 21.6 Å². The topological polar surface area (TPSA) is 48.2 Å². The van der Waals surface area contributed by atoms with Crippen molar-refractivity contribution in [3.8, 4) is 6.19 Å². The number of hydrogen-bond acceptors (Lipinski definition) is 3. The predicted octanol–water partition coefficient (Wildman–Crippen LogP) is 3.15. The highest BCUT2D eigenvalue weighted by Crippen LogP contribution is 2.26. The van der Waals surface area contributed by atoms with E-state index in [9.17, 15) is 8.78 Å². The van der Waals surface area contributed by atoms with Crippen molar-refractivity contribution in [2.45, 2.75) is 0 Å². The standard InChI is InChI=1S/C9H6BrF2N3S/c1-16-9(14-4-13)15-8-6(11)2-5(10)3-7(8)12/h2-3H,1H3,(H,14,15). The number of aliphatic imine (C=N–C) groups is 1. The zero-order chi connectivity index (χ0) is 12.1. The Bertz CT molecular complexity index is 447. The third kappa shape index (κ3) is 3.18. The SMILES string of the molecule is CSC(=Nc1c(F)cc(Br)cc1F)NC#N. The molecule has 0 amide bonds. The fourth-order valence-corrected chi connectivity index (χ4v) is 1.65. The van der Waals surface area contributed by atoms with Crippen molar-refractivity contribution in [2.75, 3.05) is 6.26 Å². The average Bonchev–Trinajstić information content (AvgIpc) is 2.21. The van der Waals surface area contributed by atoms with Gasteiger partial charge in [-0.1, -0.05) is 27.7 Å². The summed E-state index contributed by atoms with van der Waals surface area (Å²) in [7, 11) is 0. The smallest absolute Gasteiger partial charge is 0.183 e. The molecule has 0 spiro atoms. The predicted molar refractivity (Wildman–Crippen MR) is 63.4 cm³/mol. The Morgan fingerprint density at radius 2 is 2.06 bits per heavy atom. The molecular weight excluding hydrogens is 300 g/mol. The van der Waals surface area contributed by atoms with Crippen LogP contribution in [0.2, 0.25) is 0 Å². The molecule has 0 saturated heterocycles. The molecule has 0 aliphatic carbocycles. The Morgan fingerprint density at radius 3 is 2.50 bits per heavy atom. The number of amidine groups is 1. The molecule has 7 heteroatoms. The number of thioether (sulfide) groups is 1. The summed E-state index contributed by atoms with van der Waals surface area (Å²) in [6.45, 7) is 0. The molecule has 16 heavy (non-hydrogen) atoms. The zero-order valence-corrected chi connectivity index (χ0v) is 10.5. The van der Waals surface area contributed by atoms with Crippen LogP contribution in [-0.2, 0) is 0 Å². The number of nitriles is 1. The second-order valence-corrected chi connectivity index (χ2v) is 4.29. The maximum atomic E-state index is 13.4. The minimum Gasteiger partial charge on any atom is -0.271 e. The van der Waals surface area contributed by atoms with E-state index in [0.29, 0.717) is 4.47 Å². The molecule has 0 saturated carbocycles. The van der Waals surface area contributed by atoms with E-state index >= 15 is 0 Å². The van der Waals surface area contributed by atoms with Gasteiger partial charge in [-0.2, -0.15) is 5.26 Å². The summed E-state index contributed by atoms with van der Waals surface area (Å²) in [6, 6.07) is 2.21. The van der Waals surface area contributed by atoms with Gasteiger partial charge < -0.3 is 0 Å². The third-order valence-corrected chi connectivity index (χ3v) is 2.59. The second-order valence-electron chi connectivity index (χ2n) is 2.58. The Balaban J connectivity index is 3.19.